The number of benzene rings is 2. The fourth-order valence-corrected chi connectivity index (χ4v) is 3.37. The van der Waals surface area contributed by atoms with Crippen LogP contribution in [0.1, 0.15) is 36.8 Å². The van der Waals surface area contributed by atoms with Crippen molar-refractivity contribution >= 4 is 52.6 Å². The first-order valence-electron chi connectivity index (χ1n) is 10.2. The third kappa shape index (κ3) is 10.6. The molecule has 0 aliphatic rings. The van der Waals surface area contributed by atoms with Crippen molar-refractivity contribution in [2.24, 2.45) is 5.16 Å². The molecule has 0 spiro atoms. The average molecular weight is 559 g/mol. The highest BCUT2D eigenvalue weighted by atomic mass is 35.5. The van der Waals surface area contributed by atoms with Crippen molar-refractivity contribution in [3.8, 4) is 11.5 Å². The van der Waals surface area contributed by atoms with Gasteiger partial charge in [-0.15, -0.1) is 0 Å². The highest BCUT2D eigenvalue weighted by molar-refractivity contribution is 6.55. The minimum atomic E-state index is -4.35. The summed E-state index contributed by atoms with van der Waals surface area (Å²) < 4.78 is 48.8. The first kappa shape index (κ1) is 28.4. The molecule has 0 aliphatic heterocycles. The molecule has 0 fully saturated rings. The van der Waals surface area contributed by atoms with E-state index in [-0.39, 0.29) is 11.1 Å². The fourth-order valence-electron chi connectivity index (χ4n) is 2.66. The number of unbranched alkanes of at least 4 members (excludes halogenated alkanes) is 3. The van der Waals surface area contributed by atoms with E-state index in [1.54, 1.807) is 12.1 Å². The zero-order valence-corrected chi connectivity index (χ0v) is 20.9. The molecule has 2 rings (SSSR count). The zero-order chi connectivity index (χ0) is 25.0. The molecular weight excluding hydrogens is 537 g/mol. The highest BCUT2D eigenvalue weighted by Crippen LogP contribution is 2.37. The van der Waals surface area contributed by atoms with Crippen LogP contribution in [0.3, 0.4) is 0 Å². The standard InChI is InChI=1S/C23H22Cl4F3NO3/c24-19-13-18(32-12-9-21(26)27)14-20(25)22(19)33-10-3-1-2-4-11-34-31-15-16-5-7-17(8-6-16)23(28,29)30/h5-9,13-15H,1-4,10-12H2. The minimum absolute atomic E-state index is 0.106. The van der Waals surface area contributed by atoms with Gasteiger partial charge in [0.05, 0.1) is 28.4 Å². The molecule has 0 bridgehead atoms. The summed E-state index contributed by atoms with van der Waals surface area (Å²) in [5.74, 6) is 0.858. The minimum Gasteiger partial charge on any atom is -0.490 e. The summed E-state index contributed by atoms with van der Waals surface area (Å²) in [4.78, 5) is 5.15. The van der Waals surface area contributed by atoms with Crippen molar-refractivity contribution < 1.29 is 27.5 Å². The number of alkyl halides is 3. The van der Waals surface area contributed by atoms with Crippen LogP contribution in [0.5, 0.6) is 11.5 Å². The molecule has 0 aromatic heterocycles. The fraction of sp³-hybridized carbons (Fsp3) is 0.348. The van der Waals surface area contributed by atoms with Crippen LogP contribution < -0.4 is 9.47 Å². The van der Waals surface area contributed by atoms with E-state index >= 15 is 0 Å². The van der Waals surface area contributed by atoms with Gasteiger partial charge in [0.2, 0.25) is 0 Å². The predicted molar refractivity (Wildman–Crippen MR) is 131 cm³/mol. The molecule has 11 heteroatoms. The van der Waals surface area contributed by atoms with Crippen LogP contribution in [0.2, 0.25) is 10.0 Å². The van der Waals surface area contributed by atoms with Crippen molar-refractivity contribution in [1.82, 2.24) is 0 Å². The lowest BCUT2D eigenvalue weighted by Crippen LogP contribution is -2.04. The van der Waals surface area contributed by atoms with Gasteiger partial charge in [0.1, 0.15) is 23.5 Å². The summed E-state index contributed by atoms with van der Waals surface area (Å²) in [6, 6.07) is 7.88. The van der Waals surface area contributed by atoms with E-state index in [1.165, 1.54) is 24.4 Å². The van der Waals surface area contributed by atoms with Crippen molar-refractivity contribution in [3.05, 3.63) is 68.1 Å². The van der Waals surface area contributed by atoms with Gasteiger partial charge in [-0.2, -0.15) is 13.2 Å². The Hall–Kier alpha value is -1.80. The molecule has 2 aromatic carbocycles. The molecule has 0 radical (unpaired) electrons. The van der Waals surface area contributed by atoms with Gasteiger partial charge in [-0.1, -0.05) is 63.7 Å². The van der Waals surface area contributed by atoms with Crippen LogP contribution in [-0.4, -0.2) is 26.0 Å². The van der Waals surface area contributed by atoms with Crippen LogP contribution >= 0.6 is 46.4 Å². The maximum atomic E-state index is 12.5. The summed E-state index contributed by atoms with van der Waals surface area (Å²) in [5, 5.41) is 4.45. The molecule has 186 valence electrons. The smallest absolute Gasteiger partial charge is 0.416 e. The molecule has 4 nitrogen and oxygen atoms in total. The molecule has 0 heterocycles. The molecular formula is C23H22Cl4F3NO3. The van der Waals surface area contributed by atoms with Crippen molar-refractivity contribution in [1.29, 1.82) is 0 Å². The van der Waals surface area contributed by atoms with Crippen LogP contribution in [0, 0.1) is 0 Å². The number of oxime groups is 1. The summed E-state index contributed by atoms with van der Waals surface area (Å²) >= 11 is 23.5. The Morgan fingerprint density at radius 3 is 2.09 bits per heavy atom. The maximum absolute atomic E-state index is 12.5. The SMILES string of the molecule is FC(F)(F)c1ccc(C=NOCCCCCCOc2c(Cl)cc(OCC=C(Cl)Cl)cc2Cl)cc1. The van der Waals surface area contributed by atoms with Gasteiger partial charge in [0.15, 0.2) is 5.75 Å². The number of rotatable bonds is 13. The summed E-state index contributed by atoms with van der Waals surface area (Å²) in [5.41, 5.74) is -0.176. The Balaban J connectivity index is 1.59. The van der Waals surface area contributed by atoms with Gasteiger partial charge in [0.25, 0.3) is 0 Å². The van der Waals surface area contributed by atoms with Gasteiger partial charge >= 0.3 is 6.18 Å². The molecule has 0 atom stereocenters. The molecule has 0 saturated heterocycles. The quantitative estimate of drug-likeness (QED) is 0.140. The lowest BCUT2D eigenvalue weighted by molar-refractivity contribution is -0.137. The summed E-state index contributed by atoms with van der Waals surface area (Å²) in [6.07, 6.45) is 1.87. The lowest BCUT2D eigenvalue weighted by atomic mass is 10.1. The van der Waals surface area contributed by atoms with E-state index in [0.29, 0.717) is 40.3 Å². The Kier molecular flexibility index (Phi) is 12.2. The first-order valence-corrected chi connectivity index (χ1v) is 11.8. The number of hydrogen-bond donors (Lipinski definition) is 0. The lowest BCUT2D eigenvalue weighted by Gasteiger charge is -2.12. The van der Waals surface area contributed by atoms with Gasteiger partial charge in [-0.05, 0) is 49.5 Å². The van der Waals surface area contributed by atoms with Crippen molar-refractivity contribution in [2.45, 2.75) is 31.9 Å². The molecule has 34 heavy (non-hydrogen) atoms. The molecule has 0 amide bonds. The highest BCUT2D eigenvalue weighted by Gasteiger charge is 2.29. The largest absolute Gasteiger partial charge is 0.490 e. The molecule has 0 unspecified atom stereocenters. The Morgan fingerprint density at radius 2 is 1.50 bits per heavy atom. The van der Waals surface area contributed by atoms with E-state index in [2.05, 4.69) is 5.16 Å². The van der Waals surface area contributed by atoms with Crippen LogP contribution in [0.25, 0.3) is 0 Å². The monoisotopic (exact) mass is 557 g/mol. The normalized spacial score (nSPS) is 11.5. The maximum Gasteiger partial charge on any atom is 0.416 e. The van der Waals surface area contributed by atoms with E-state index in [1.807, 2.05) is 0 Å². The Morgan fingerprint density at radius 1 is 0.882 bits per heavy atom. The van der Waals surface area contributed by atoms with Crippen molar-refractivity contribution in [2.75, 3.05) is 19.8 Å². The van der Waals surface area contributed by atoms with Gasteiger partial charge in [-0.3, -0.25) is 0 Å². The third-order valence-corrected chi connectivity index (χ3v) is 5.22. The van der Waals surface area contributed by atoms with Crippen LogP contribution in [-0.2, 0) is 11.0 Å². The van der Waals surface area contributed by atoms with Crippen LogP contribution in [0.4, 0.5) is 13.2 Å². The Labute approximate surface area is 216 Å². The van der Waals surface area contributed by atoms with Gasteiger partial charge < -0.3 is 14.3 Å². The van der Waals surface area contributed by atoms with Crippen molar-refractivity contribution in [3.63, 3.8) is 0 Å². The molecule has 2 aromatic rings. The zero-order valence-electron chi connectivity index (χ0n) is 17.9. The second-order valence-corrected chi connectivity index (χ2v) is 8.79. The second-order valence-electron chi connectivity index (χ2n) is 6.97. The van der Waals surface area contributed by atoms with E-state index < -0.39 is 11.7 Å². The average Bonchev–Trinajstić information content (AvgIpc) is 2.76. The van der Waals surface area contributed by atoms with Gasteiger partial charge in [0, 0.05) is 12.1 Å². The first-order chi connectivity index (χ1) is 16.2. The summed E-state index contributed by atoms with van der Waals surface area (Å²) in [6.45, 7) is 1.03. The Bertz CT molecular complexity index is 940. The predicted octanol–water partition coefficient (Wildman–Crippen LogP) is 8.70. The van der Waals surface area contributed by atoms with Gasteiger partial charge in [-0.25, -0.2) is 0 Å². The third-order valence-electron chi connectivity index (χ3n) is 4.35. The molecule has 0 N–H and O–H groups in total. The second kappa shape index (κ2) is 14.6. The topological polar surface area (TPSA) is 40.0 Å². The number of nitrogens with zero attached hydrogens (tertiary/aromatic N) is 1. The number of halogens is 7. The van der Waals surface area contributed by atoms with E-state index in [0.717, 1.165) is 37.8 Å². The van der Waals surface area contributed by atoms with E-state index in [4.69, 9.17) is 60.7 Å². The van der Waals surface area contributed by atoms with Crippen LogP contribution in [0.15, 0.2) is 52.1 Å². The number of hydrogen-bond acceptors (Lipinski definition) is 4. The van der Waals surface area contributed by atoms with E-state index in [9.17, 15) is 13.2 Å². The summed E-state index contributed by atoms with van der Waals surface area (Å²) in [7, 11) is 0. The number of ether oxygens (including phenoxy) is 2. The molecule has 0 aliphatic carbocycles. The molecule has 0 saturated carbocycles.